The predicted molar refractivity (Wildman–Crippen MR) is 85.2 cm³/mol. The Kier molecular flexibility index (Phi) is 5.21. The highest BCUT2D eigenvalue weighted by molar-refractivity contribution is 6.32. The van der Waals surface area contributed by atoms with Gasteiger partial charge in [-0.05, 0) is 36.4 Å². The zero-order valence-electron chi connectivity index (χ0n) is 11.5. The predicted octanol–water partition coefficient (Wildman–Crippen LogP) is 2.85. The van der Waals surface area contributed by atoms with Crippen molar-refractivity contribution in [2.75, 3.05) is 17.2 Å². The Morgan fingerprint density at radius 2 is 1.59 bits per heavy atom. The lowest BCUT2D eigenvalue weighted by Gasteiger charge is -2.09. The van der Waals surface area contributed by atoms with Crippen molar-refractivity contribution < 1.29 is 14.3 Å². The minimum atomic E-state index is -0.648. The number of rotatable bonds is 5. The normalized spacial score (nSPS) is 9.86. The molecule has 0 bridgehead atoms. The average molecular weight is 320 g/mol. The topological polar surface area (TPSA) is 93.5 Å². The highest BCUT2D eigenvalue weighted by atomic mass is 35.5. The summed E-state index contributed by atoms with van der Waals surface area (Å²) in [5.41, 5.74) is 6.11. The molecule has 7 heteroatoms. The van der Waals surface area contributed by atoms with Crippen molar-refractivity contribution in [3.8, 4) is 5.75 Å². The third-order valence-corrected chi connectivity index (χ3v) is 2.94. The molecule has 0 aromatic heterocycles. The molecule has 0 fully saturated rings. The van der Waals surface area contributed by atoms with Gasteiger partial charge in [-0.15, -0.1) is 0 Å². The third kappa shape index (κ3) is 4.68. The van der Waals surface area contributed by atoms with Gasteiger partial charge in [0, 0.05) is 11.4 Å². The van der Waals surface area contributed by atoms with Gasteiger partial charge in [-0.1, -0.05) is 23.7 Å². The molecule has 0 radical (unpaired) electrons. The van der Waals surface area contributed by atoms with Crippen molar-refractivity contribution in [3.63, 3.8) is 0 Å². The highest BCUT2D eigenvalue weighted by Gasteiger charge is 2.06. The van der Waals surface area contributed by atoms with E-state index in [1.807, 2.05) is 0 Å². The van der Waals surface area contributed by atoms with E-state index in [2.05, 4.69) is 10.6 Å². The first kappa shape index (κ1) is 15.7. The SMILES string of the molecule is NC(=O)Nc1ccc(NC(=O)COc2ccccc2Cl)cc1. The maximum absolute atomic E-state index is 11.8. The van der Waals surface area contributed by atoms with Crippen LogP contribution in [0.2, 0.25) is 5.02 Å². The van der Waals surface area contributed by atoms with Crippen LogP contribution in [0.5, 0.6) is 5.75 Å². The summed E-state index contributed by atoms with van der Waals surface area (Å²) in [5, 5.41) is 5.53. The molecule has 2 aromatic rings. The van der Waals surface area contributed by atoms with Crippen LogP contribution in [-0.2, 0) is 4.79 Å². The van der Waals surface area contributed by atoms with Gasteiger partial charge in [0.25, 0.3) is 5.91 Å². The number of carbonyl (C=O) groups excluding carboxylic acids is 2. The van der Waals surface area contributed by atoms with E-state index in [9.17, 15) is 9.59 Å². The summed E-state index contributed by atoms with van der Waals surface area (Å²) < 4.78 is 5.33. The maximum Gasteiger partial charge on any atom is 0.316 e. The van der Waals surface area contributed by atoms with Gasteiger partial charge in [-0.3, -0.25) is 4.79 Å². The molecule has 0 spiro atoms. The number of hydrogen-bond acceptors (Lipinski definition) is 3. The summed E-state index contributed by atoms with van der Waals surface area (Å²) in [6.45, 7) is -0.162. The molecule has 0 saturated carbocycles. The number of amides is 3. The zero-order valence-corrected chi connectivity index (χ0v) is 12.3. The van der Waals surface area contributed by atoms with Crippen LogP contribution in [0.15, 0.2) is 48.5 Å². The van der Waals surface area contributed by atoms with Gasteiger partial charge in [-0.25, -0.2) is 4.79 Å². The molecule has 4 N–H and O–H groups in total. The molecule has 0 aliphatic heterocycles. The molecule has 0 heterocycles. The number of benzene rings is 2. The van der Waals surface area contributed by atoms with Crippen LogP contribution in [0.4, 0.5) is 16.2 Å². The van der Waals surface area contributed by atoms with Crippen molar-refractivity contribution in [2.24, 2.45) is 5.73 Å². The minimum absolute atomic E-state index is 0.162. The molecule has 0 atom stereocenters. The summed E-state index contributed by atoms with van der Waals surface area (Å²) in [4.78, 5) is 22.5. The number of ether oxygens (including phenoxy) is 1. The van der Waals surface area contributed by atoms with E-state index in [0.29, 0.717) is 22.1 Å². The Bertz CT molecular complexity index is 674. The van der Waals surface area contributed by atoms with Gasteiger partial charge in [-0.2, -0.15) is 0 Å². The number of nitrogens with two attached hydrogens (primary N) is 1. The van der Waals surface area contributed by atoms with Crippen LogP contribution in [0.1, 0.15) is 0 Å². The fourth-order valence-corrected chi connectivity index (χ4v) is 1.87. The van der Waals surface area contributed by atoms with Crippen molar-refractivity contribution in [1.82, 2.24) is 0 Å². The quantitative estimate of drug-likeness (QED) is 0.791. The van der Waals surface area contributed by atoms with E-state index in [4.69, 9.17) is 22.1 Å². The monoisotopic (exact) mass is 319 g/mol. The first-order valence-corrected chi connectivity index (χ1v) is 6.76. The Morgan fingerprint density at radius 3 is 2.18 bits per heavy atom. The van der Waals surface area contributed by atoms with Gasteiger partial charge >= 0.3 is 6.03 Å². The Morgan fingerprint density at radius 1 is 1.00 bits per heavy atom. The second-order valence-electron chi connectivity index (χ2n) is 4.33. The molecule has 3 amide bonds. The van der Waals surface area contributed by atoms with Gasteiger partial charge < -0.3 is 21.1 Å². The molecule has 0 aliphatic carbocycles. The van der Waals surface area contributed by atoms with E-state index in [1.165, 1.54) is 0 Å². The van der Waals surface area contributed by atoms with E-state index in [-0.39, 0.29) is 12.5 Å². The number of halogens is 1. The summed E-state index contributed by atoms with van der Waals surface area (Å²) in [5.74, 6) is 0.121. The lowest BCUT2D eigenvalue weighted by atomic mass is 10.3. The molecular weight excluding hydrogens is 306 g/mol. The second kappa shape index (κ2) is 7.33. The minimum Gasteiger partial charge on any atom is -0.482 e. The summed E-state index contributed by atoms with van der Waals surface area (Å²) >= 11 is 5.93. The standard InChI is InChI=1S/C15H14ClN3O3/c16-12-3-1-2-4-13(12)22-9-14(20)18-10-5-7-11(8-6-10)19-15(17)21/h1-8H,9H2,(H,18,20)(H3,17,19,21). The fraction of sp³-hybridized carbons (Fsp3) is 0.0667. The average Bonchev–Trinajstić information content (AvgIpc) is 2.48. The lowest BCUT2D eigenvalue weighted by molar-refractivity contribution is -0.118. The first-order chi connectivity index (χ1) is 10.5. The maximum atomic E-state index is 11.8. The lowest BCUT2D eigenvalue weighted by Crippen LogP contribution is -2.20. The van der Waals surface area contributed by atoms with Crippen molar-refractivity contribution in [1.29, 1.82) is 0 Å². The Hall–Kier alpha value is -2.73. The molecule has 0 saturated heterocycles. The van der Waals surface area contributed by atoms with E-state index >= 15 is 0 Å². The largest absolute Gasteiger partial charge is 0.482 e. The number of urea groups is 1. The molecular formula is C15H14ClN3O3. The van der Waals surface area contributed by atoms with Gasteiger partial charge in [0.05, 0.1) is 5.02 Å². The van der Waals surface area contributed by atoms with Crippen LogP contribution in [-0.4, -0.2) is 18.5 Å². The molecule has 22 heavy (non-hydrogen) atoms. The number of para-hydroxylation sites is 1. The van der Waals surface area contributed by atoms with Crippen molar-refractivity contribution in [2.45, 2.75) is 0 Å². The first-order valence-electron chi connectivity index (χ1n) is 6.38. The zero-order chi connectivity index (χ0) is 15.9. The summed E-state index contributed by atoms with van der Waals surface area (Å²) in [6, 6.07) is 12.8. The number of anilines is 2. The molecule has 6 nitrogen and oxygen atoms in total. The number of hydrogen-bond donors (Lipinski definition) is 3. The molecule has 2 rings (SSSR count). The van der Waals surface area contributed by atoms with Crippen LogP contribution in [0.25, 0.3) is 0 Å². The van der Waals surface area contributed by atoms with Crippen molar-refractivity contribution in [3.05, 3.63) is 53.6 Å². The van der Waals surface area contributed by atoms with Gasteiger partial charge in [0.1, 0.15) is 5.75 Å². The van der Waals surface area contributed by atoms with Crippen LogP contribution in [0.3, 0.4) is 0 Å². The van der Waals surface area contributed by atoms with Crippen molar-refractivity contribution >= 4 is 34.9 Å². The second-order valence-corrected chi connectivity index (χ2v) is 4.74. The smallest absolute Gasteiger partial charge is 0.316 e. The fourth-order valence-electron chi connectivity index (χ4n) is 1.68. The number of carbonyl (C=O) groups is 2. The van der Waals surface area contributed by atoms with Crippen LogP contribution >= 0.6 is 11.6 Å². The molecule has 114 valence electrons. The number of primary amides is 1. The van der Waals surface area contributed by atoms with Gasteiger partial charge in [0.2, 0.25) is 0 Å². The Labute approximate surface area is 132 Å². The highest BCUT2D eigenvalue weighted by Crippen LogP contribution is 2.23. The van der Waals surface area contributed by atoms with E-state index < -0.39 is 6.03 Å². The molecule has 0 aliphatic rings. The Balaban J connectivity index is 1.87. The van der Waals surface area contributed by atoms with Crippen LogP contribution in [0, 0.1) is 0 Å². The summed E-state index contributed by atoms with van der Waals surface area (Å²) in [6.07, 6.45) is 0. The van der Waals surface area contributed by atoms with E-state index in [0.717, 1.165) is 0 Å². The number of nitrogens with one attached hydrogen (secondary N) is 2. The van der Waals surface area contributed by atoms with E-state index in [1.54, 1.807) is 48.5 Å². The third-order valence-electron chi connectivity index (χ3n) is 2.63. The van der Waals surface area contributed by atoms with Gasteiger partial charge in [0.15, 0.2) is 6.61 Å². The molecule has 0 unspecified atom stereocenters. The van der Waals surface area contributed by atoms with Crippen LogP contribution < -0.4 is 21.1 Å². The molecule has 2 aromatic carbocycles. The summed E-state index contributed by atoms with van der Waals surface area (Å²) in [7, 11) is 0.